The topological polar surface area (TPSA) is 43.0 Å². The molecule has 0 saturated heterocycles. The Morgan fingerprint density at radius 3 is 2.75 bits per heavy atom. The highest BCUT2D eigenvalue weighted by molar-refractivity contribution is 5.88. The van der Waals surface area contributed by atoms with Crippen LogP contribution in [0, 0.1) is 0 Å². The third-order valence-electron chi connectivity index (χ3n) is 5.04. The summed E-state index contributed by atoms with van der Waals surface area (Å²) in [6.07, 6.45) is 5.81. The second-order valence-corrected chi connectivity index (χ2v) is 6.67. The molecule has 0 unspecified atom stereocenters. The van der Waals surface area contributed by atoms with Crippen LogP contribution in [0.15, 0.2) is 53.1 Å². The molecule has 0 bridgehead atoms. The normalized spacial score (nSPS) is 15.0. The van der Waals surface area contributed by atoms with Crippen molar-refractivity contribution in [3.63, 3.8) is 0 Å². The van der Waals surface area contributed by atoms with Gasteiger partial charge in [-0.25, -0.2) is 0 Å². The SMILES string of the molecule is Cn1ccc2cc(-c3ccc4oc(NC5CCC5)nc4c3)ccc21. The van der Waals surface area contributed by atoms with Crippen LogP contribution >= 0.6 is 0 Å². The Labute approximate surface area is 140 Å². The molecule has 0 aliphatic heterocycles. The fourth-order valence-corrected chi connectivity index (χ4v) is 3.36. The summed E-state index contributed by atoms with van der Waals surface area (Å²) in [5.74, 6) is 0. The van der Waals surface area contributed by atoms with Gasteiger partial charge in [-0.3, -0.25) is 0 Å². The van der Waals surface area contributed by atoms with Gasteiger partial charge in [0.2, 0.25) is 0 Å². The monoisotopic (exact) mass is 317 g/mol. The summed E-state index contributed by atoms with van der Waals surface area (Å²) in [6.45, 7) is 0. The van der Waals surface area contributed by atoms with E-state index < -0.39 is 0 Å². The predicted octanol–water partition coefficient (Wildman–Crippen LogP) is 4.95. The van der Waals surface area contributed by atoms with Gasteiger partial charge < -0.3 is 14.3 Å². The molecule has 4 nitrogen and oxygen atoms in total. The van der Waals surface area contributed by atoms with Crippen LogP contribution in [0.3, 0.4) is 0 Å². The standard InChI is InChI=1S/C20H19N3O/c1-23-10-9-15-11-13(5-7-18(15)23)14-6-8-19-17(12-14)22-20(24-19)21-16-3-2-4-16/h5-12,16H,2-4H2,1H3,(H,21,22). The van der Waals surface area contributed by atoms with E-state index in [0.29, 0.717) is 12.1 Å². The second kappa shape index (κ2) is 5.13. The maximum atomic E-state index is 5.81. The lowest BCUT2D eigenvalue weighted by atomic mass is 9.93. The number of aryl methyl sites for hydroxylation is 1. The third kappa shape index (κ3) is 2.18. The third-order valence-corrected chi connectivity index (χ3v) is 5.04. The summed E-state index contributed by atoms with van der Waals surface area (Å²) in [7, 11) is 2.07. The number of nitrogens with zero attached hydrogens (tertiary/aromatic N) is 2. The maximum absolute atomic E-state index is 5.81. The Hall–Kier alpha value is -2.75. The van der Waals surface area contributed by atoms with Gasteiger partial charge in [0.05, 0.1) is 0 Å². The molecule has 1 fully saturated rings. The summed E-state index contributed by atoms with van der Waals surface area (Å²) < 4.78 is 7.95. The lowest BCUT2D eigenvalue weighted by Gasteiger charge is -2.25. The van der Waals surface area contributed by atoms with Gasteiger partial charge in [-0.1, -0.05) is 12.1 Å². The van der Waals surface area contributed by atoms with E-state index in [9.17, 15) is 0 Å². The number of fused-ring (bicyclic) bond motifs is 2. The zero-order chi connectivity index (χ0) is 16.1. The fraction of sp³-hybridized carbons (Fsp3) is 0.250. The van der Waals surface area contributed by atoms with Gasteiger partial charge in [-0.05, 0) is 60.7 Å². The number of hydrogen-bond donors (Lipinski definition) is 1. The van der Waals surface area contributed by atoms with Gasteiger partial charge >= 0.3 is 0 Å². The minimum atomic E-state index is 0.526. The smallest absolute Gasteiger partial charge is 0.295 e. The Bertz CT molecular complexity index is 1040. The lowest BCUT2D eigenvalue weighted by Crippen LogP contribution is -2.26. The van der Waals surface area contributed by atoms with Crippen LogP contribution in [0.5, 0.6) is 0 Å². The molecule has 4 aromatic rings. The fourth-order valence-electron chi connectivity index (χ4n) is 3.36. The Morgan fingerprint density at radius 2 is 1.92 bits per heavy atom. The number of anilines is 1. The Balaban J connectivity index is 1.52. The summed E-state index contributed by atoms with van der Waals surface area (Å²) in [6, 6.07) is 16.1. The largest absolute Gasteiger partial charge is 0.424 e. The van der Waals surface area contributed by atoms with Crippen molar-refractivity contribution in [2.75, 3.05) is 5.32 Å². The molecule has 2 aromatic carbocycles. The highest BCUT2D eigenvalue weighted by Gasteiger charge is 2.19. The minimum Gasteiger partial charge on any atom is -0.424 e. The summed E-state index contributed by atoms with van der Waals surface area (Å²) in [5.41, 5.74) is 5.35. The van der Waals surface area contributed by atoms with Crippen molar-refractivity contribution in [2.24, 2.45) is 7.05 Å². The molecule has 24 heavy (non-hydrogen) atoms. The number of aromatic nitrogens is 2. The molecule has 1 aliphatic rings. The van der Waals surface area contributed by atoms with Crippen molar-refractivity contribution >= 4 is 28.0 Å². The summed E-state index contributed by atoms with van der Waals surface area (Å²) in [4.78, 5) is 4.61. The highest BCUT2D eigenvalue weighted by Crippen LogP contribution is 2.30. The van der Waals surface area contributed by atoms with E-state index in [2.05, 4.69) is 64.5 Å². The first-order valence-electron chi connectivity index (χ1n) is 8.49. The quantitative estimate of drug-likeness (QED) is 0.581. The first kappa shape index (κ1) is 13.7. The zero-order valence-corrected chi connectivity index (χ0v) is 13.6. The molecule has 0 amide bonds. The molecule has 2 heterocycles. The van der Waals surface area contributed by atoms with Gasteiger partial charge in [0.1, 0.15) is 5.52 Å². The molecule has 120 valence electrons. The van der Waals surface area contributed by atoms with Crippen LogP contribution in [0.1, 0.15) is 19.3 Å². The second-order valence-electron chi connectivity index (χ2n) is 6.67. The van der Waals surface area contributed by atoms with Crippen molar-refractivity contribution in [3.8, 4) is 11.1 Å². The average Bonchev–Trinajstić information content (AvgIpc) is 3.13. The number of rotatable bonds is 3. The summed E-state index contributed by atoms with van der Waals surface area (Å²) in [5, 5.41) is 4.63. The molecular weight excluding hydrogens is 298 g/mol. The maximum Gasteiger partial charge on any atom is 0.295 e. The van der Waals surface area contributed by atoms with Gasteiger partial charge in [-0.2, -0.15) is 4.98 Å². The van der Waals surface area contributed by atoms with Crippen LogP contribution in [-0.4, -0.2) is 15.6 Å². The van der Waals surface area contributed by atoms with E-state index >= 15 is 0 Å². The molecule has 1 saturated carbocycles. The Morgan fingerprint density at radius 1 is 1.08 bits per heavy atom. The average molecular weight is 317 g/mol. The molecular formula is C20H19N3O. The van der Waals surface area contributed by atoms with Crippen molar-refractivity contribution in [3.05, 3.63) is 48.7 Å². The minimum absolute atomic E-state index is 0.526. The van der Waals surface area contributed by atoms with Crippen LogP contribution in [-0.2, 0) is 7.05 Å². The van der Waals surface area contributed by atoms with E-state index in [-0.39, 0.29) is 0 Å². The molecule has 4 heteroatoms. The van der Waals surface area contributed by atoms with E-state index in [4.69, 9.17) is 4.42 Å². The van der Waals surface area contributed by atoms with E-state index in [1.807, 2.05) is 6.07 Å². The van der Waals surface area contributed by atoms with Crippen molar-refractivity contribution in [1.29, 1.82) is 0 Å². The Kier molecular flexibility index (Phi) is 2.92. The molecule has 0 radical (unpaired) electrons. The van der Waals surface area contributed by atoms with E-state index in [0.717, 1.165) is 16.7 Å². The number of hydrogen-bond acceptors (Lipinski definition) is 3. The summed E-state index contributed by atoms with van der Waals surface area (Å²) >= 11 is 0. The van der Waals surface area contributed by atoms with Crippen LogP contribution in [0.4, 0.5) is 6.01 Å². The first-order valence-corrected chi connectivity index (χ1v) is 8.49. The number of benzene rings is 2. The van der Waals surface area contributed by atoms with Gasteiger partial charge in [0.15, 0.2) is 5.58 Å². The number of oxazole rings is 1. The van der Waals surface area contributed by atoms with Gasteiger partial charge in [-0.15, -0.1) is 0 Å². The lowest BCUT2D eigenvalue weighted by molar-refractivity contribution is 0.432. The molecule has 1 N–H and O–H groups in total. The van der Waals surface area contributed by atoms with Crippen LogP contribution in [0.25, 0.3) is 33.1 Å². The van der Waals surface area contributed by atoms with Crippen molar-refractivity contribution in [1.82, 2.24) is 9.55 Å². The molecule has 2 aromatic heterocycles. The molecule has 0 spiro atoms. The molecule has 1 aliphatic carbocycles. The van der Waals surface area contributed by atoms with E-state index in [1.165, 1.54) is 35.7 Å². The van der Waals surface area contributed by atoms with Crippen molar-refractivity contribution in [2.45, 2.75) is 25.3 Å². The first-order chi connectivity index (χ1) is 11.8. The van der Waals surface area contributed by atoms with Crippen molar-refractivity contribution < 1.29 is 4.42 Å². The van der Waals surface area contributed by atoms with Gasteiger partial charge in [0, 0.05) is 30.2 Å². The zero-order valence-electron chi connectivity index (χ0n) is 13.6. The van der Waals surface area contributed by atoms with Crippen LogP contribution in [0.2, 0.25) is 0 Å². The van der Waals surface area contributed by atoms with Crippen LogP contribution < -0.4 is 5.32 Å². The molecule has 0 atom stereocenters. The predicted molar refractivity (Wildman–Crippen MR) is 97.2 cm³/mol. The highest BCUT2D eigenvalue weighted by atomic mass is 16.4. The number of nitrogens with one attached hydrogen (secondary N) is 1. The van der Waals surface area contributed by atoms with Gasteiger partial charge in [0.25, 0.3) is 6.01 Å². The van der Waals surface area contributed by atoms with E-state index in [1.54, 1.807) is 0 Å². The molecule has 5 rings (SSSR count).